The van der Waals surface area contributed by atoms with E-state index < -0.39 is 0 Å². The van der Waals surface area contributed by atoms with Crippen molar-refractivity contribution in [1.29, 1.82) is 0 Å². The zero-order chi connectivity index (χ0) is 14.2. The maximum absolute atomic E-state index is 12.3. The Hall–Kier alpha value is -2.17. The molecule has 0 radical (unpaired) electrons. The third-order valence-electron chi connectivity index (χ3n) is 4.34. The number of nitrogens with one attached hydrogen (secondary N) is 2. The number of hydrogen-bond acceptors (Lipinski definition) is 3. The topological polar surface area (TPSA) is 70.7 Å². The van der Waals surface area contributed by atoms with Crippen molar-refractivity contribution < 1.29 is 4.79 Å². The monoisotopic (exact) mass is 282 g/mol. The summed E-state index contributed by atoms with van der Waals surface area (Å²) in [6.45, 7) is 0. The average Bonchev–Trinajstić information content (AvgIpc) is 3.25. The molecule has 4 rings (SSSR count). The van der Waals surface area contributed by atoms with E-state index >= 15 is 0 Å². The Labute approximate surface area is 123 Å². The van der Waals surface area contributed by atoms with Gasteiger partial charge in [0.1, 0.15) is 5.82 Å². The van der Waals surface area contributed by atoms with Crippen molar-refractivity contribution in [2.24, 2.45) is 0 Å². The molecule has 1 heterocycles. The van der Waals surface area contributed by atoms with Crippen LogP contribution in [0.15, 0.2) is 24.3 Å². The first-order valence-corrected chi connectivity index (χ1v) is 7.62. The quantitative estimate of drug-likeness (QED) is 0.908. The van der Waals surface area contributed by atoms with E-state index in [4.69, 9.17) is 0 Å². The number of carbonyl (C=O) groups excluding carboxylic acids is 1. The molecule has 1 unspecified atom stereocenters. The molecule has 5 nitrogen and oxygen atoms in total. The number of fused-ring (bicyclic) bond motifs is 1. The first-order chi connectivity index (χ1) is 10.3. The number of amides is 1. The van der Waals surface area contributed by atoms with Gasteiger partial charge in [0.05, 0.1) is 6.04 Å². The van der Waals surface area contributed by atoms with E-state index in [0.29, 0.717) is 5.92 Å². The molecule has 2 aliphatic carbocycles. The maximum atomic E-state index is 12.3. The van der Waals surface area contributed by atoms with Gasteiger partial charge >= 0.3 is 0 Å². The molecule has 0 aliphatic heterocycles. The van der Waals surface area contributed by atoms with Crippen molar-refractivity contribution in [3.63, 3.8) is 0 Å². The first-order valence-electron chi connectivity index (χ1n) is 7.62. The Morgan fingerprint density at radius 2 is 2.10 bits per heavy atom. The lowest BCUT2D eigenvalue weighted by molar-refractivity contribution is 0.0922. The van der Waals surface area contributed by atoms with Gasteiger partial charge in [-0.2, -0.15) is 0 Å². The smallest absolute Gasteiger partial charge is 0.291 e. The van der Waals surface area contributed by atoms with Crippen LogP contribution in [0, 0.1) is 0 Å². The summed E-state index contributed by atoms with van der Waals surface area (Å²) in [6.07, 6.45) is 5.46. The van der Waals surface area contributed by atoms with Gasteiger partial charge in [0.25, 0.3) is 5.91 Å². The van der Waals surface area contributed by atoms with Crippen molar-refractivity contribution in [1.82, 2.24) is 20.5 Å². The number of aromatic nitrogens is 3. The number of nitrogens with zero attached hydrogens (tertiary/aromatic N) is 2. The highest BCUT2D eigenvalue weighted by Gasteiger charge is 2.29. The van der Waals surface area contributed by atoms with Crippen LogP contribution in [0.3, 0.4) is 0 Å². The van der Waals surface area contributed by atoms with Crippen molar-refractivity contribution in [3.8, 4) is 0 Å². The summed E-state index contributed by atoms with van der Waals surface area (Å²) >= 11 is 0. The van der Waals surface area contributed by atoms with Crippen LogP contribution in [0.5, 0.6) is 0 Å². The highest BCUT2D eigenvalue weighted by atomic mass is 16.2. The van der Waals surface area contributed by atoms with Gasteiger partial charge in [-0.1, -0.05) is 24.3 Å². The van der Waals surface area contributed by atoms with E-state index in [2.05, 4.69) is 38.7 Å². The Morgan fingerprint density at radius 1 is 1.24 bits per heavy atom. The molecule has 1 saturated carbocycles. The van der Waals surface area contributed by atoms with Crippen LogP contribution in [0.25, 0.3) is 0 Å². The fraction of sp³-hybridized carbons (Fsp3) is 0.438. The van der Waals surface area contributed by atoms with E-state index in [1.807, 2.05) is 6.07 Å². The third kappa shape index (κ3) is 2.44. The van der Waals surface area contributed by atoms with Gasteiger partial charge in [-0.15, -0.1) is 5.10 Å². The van der Waals surface area contributed by atoms with Gasteiger partial charge in [0, 0.05) is 5.92 Å². The van der Waals surface area contributed by atoms with Gasteiger partial charge in [-0.05, 0) is 43.2 Å². The Bertz CT molecular complexity index is 674. The SMILES string of the molecule is O=C(NC1CCCc2ccccc21)c1n[nH]c(C2CC2)n1. The molecule has 0 saturated heterocycles. The van der Waals surface area contributed by atoms with Gasteiger partial charge in [-0.3, -0.25) is 9.89 Å². The second kappa shape index (κ2) is 4.98. The predicted molar refractivity (Wildman–Crippen MR) is 77.9 cm³/mol. The third-order valence-corrected chi connectivity index (χ3v) is 4.34. The zero-order valence-electron chi connectivity index (χ0n) is 11.8. The molecule has 1 aromatic heterocycles. The lowest BCUT2D eigenvalue weighted by Gasteiger charge is -2.25. The van der Waals surface area contributed by atoms with Crippen molar-refractivity contribution >= 4 is 5.91 Å². The summed E-state index contributed by atoms with van der Waals surface area (Å²) in [4.78, 5) is 16.6. The molecule has 2 N–H and O–H groups in total. The Morgan fingerprint density at radius 3 is 2.95 bits per heavy atom. The number of benzene rings is 1. The highest BCUT2D eigenvalue weighted by Crippen LogP contribution is 2.37. The van der Waals surface area contributed by atoms with Crippen molar-refractivity contribution in [3.05, 3.63) is 47.0 Å². The minimum Gasteiger partial charge on any atom is -0.342 e. The van der Waals surface area contributed by atoms with Crippen LogP contribution >= 0.6 is 0 Å². The molecule has 108 valence electrons. The number of aromatic amines is 1. The lowest BCUT2D eigenvalue weighted by atomic mass is 9.88. The lowest BCUT2D eigenvalue weighted by Crippen LogP contribution is -2.31. The van der Waals surface area contributed by atoms with Gasteiger partial charge < -0.3 is 5.32 Å². The van der Waals surface area contributed by atoms with E-state index in [0.717, 1.165) is 37.9 Å². The molecule has 0 bridgehead atoms. The molecular weight excluding hydrogens is 264 g/mol. The average molecular weight is 282 g/mol. The van der Waals surface area contributed by atoms with Gasteiger partial charge in [-0.25, -0.2) is 4.98 Å². The highest BCUT2D eigenvalue weighted by molar-refractivity contribution is 5.90. The molecule has 2 aliphatic rings. The van der Waals surface area contributed by atoms with Crippen LogP contribution < -0.4 is 5.32 Å². The summed E-state index contributed by atoms with van der Waals surface area (Å²) in [7, 11) is 0. The van der Waals surface area contributed by atoms with Crippen LogP contribution in [-0.4, -0.2) is 21.1 Å². The van der Waals surface area contributed by atoms with Crippen LogP contribution in [0.2, 0.25) is 0 Å². The van der Waals surface area contributed by atoms with Crippen LogP contribution in [0.1, 0.15) is 65.2 Å². The van der Waals surface area contributed by atoms with E-state index in [1.165, 1.54) is 11.1 Å². The predicted octanol–water partition coefficient (Wildman–Crippen LogP) is 2.49. The number of H-pyrrole nitrogens is 1. The van der Waals surface area contributed by atoms with Crippen LogP contribution in [0.4, 0.5) is 0 Å². The minimum atomic E-state index is -0.181. The maximum Gasteiger partial charge on any atom is 0.291 e. The van der Waals surface area contributed by atoms with E-state index in [-0.39, 0.29) is 17.8 Å². The molecule has 21 heavy (non-hydrogen) atoms. The Balaban J connectivity index is 1.51. The van der Waals surface area contributed by atoms with Crippen molar-refractivity contribution in [2.75, 3.05) is 0 Å². The molecule has 0 spiro atoms. The number of rotatable bonds is 3. The van der Waals surface area contributed by atoms with E-state index in [9.17, 15) is 4.79 Å². The zero-order valence-corrected chi connectivity index (χ0v) is 11.8. The second-order valence-electron chi connectivity index (χ2n) is 5.94. The summed E-state index contributed by atoms with van der Waals surface area (Å²) in [5.41, 5.74) is 2.57. The summed E-state index contributed by atoms with van der Waals surface area (Å²) in [6, 6.07) is 8.41. The van der Waals surface area contributed by atoms with Gasteiger partial charge in [0.2, 0.25) is 5.82 Å². The number of carbonyl (C=O) groups is 1. The second-order valence-corrected chi connectivity index (χ2v) is 5.94. The number of aryl methyl sites for hydroxylation is 1. The normalized spacial score (nSPS) is 20.9. The summed E-state index contributed by atoms with van der Waals surface area (Å²) in [5.74, 6) is 1.42. The molecule has 1 fully saturated rings. The van der Waals surface area contributed by atoms with Gasteiger partial charge in [0.15, 0.2) is 0 Å². The first kappa shape index (κ1) is 12.6. The molecule has 1 amide bonds. The molecular formula is C16H18N4O. The van der Waals surface area contributed by atoms with Crippen molar-refractivity contribution in [2.45, 2.75) is 44.1 Å². The molecule has 5 heteroatoms. The Kier molecular flexibility index (Phi) is 2.98. The van der Waals surface area contributed by atoms with E-state index in [1.54, 1.807) is 0 Å². The summed E-state index contributed by atoms with van der Waals surface area (Å²) < 4.78 is 0. The largest absolute Gasteiger partial charge is 0.342 e. The molecule has 1 atom stereocenters. The minimum absolute atomic E-state index is 0.0744. The standard InChI is InChI=1S/C16H18N4O/c21-16(15-18-14(19-20-15)11-8-9-11)17-13-7-3-5-10-4-1-2-6-12(10)13/h1-2,4,6,11,13H,3,5,7-9H2,(H,17,21)(H,18,19,20). The fourth-order valence-electron chi connectivity index (χ4n) is 3.04. The number of hydrogen-bond donors (Lipinski definition) is 2. The summed E-state index contributed by atoms with van der Waals surface area (Å²) in [5, 5.41) is 10.0. The molecule has 1 aromatic carbocycles. The molecule has 2 aromatic rings. The van der Waals surface area contributed by atoms with Crippen LogP contribution in [-0.2, 0) is 6.42 Å². The fourth-order valence-corrected chi connectivity index (χ4v) is 3.04.